The molecule has 1 atom stereocenters. The Morgan fingerprint density at radius 2 is 2.24 bits per heavy atom. The summed E-state index contributed by atoms with van der Waals surface area (Å²) in [6, 6.07) is 0. The van der Waals surface area contributed by atoms with Crippen LogP contribution in [0.2, 0.25) is 0 Å². The number of aromatic nitrogens is 2. The number of nitrogen functional groups attached to an aromatic ring is 1. The Morgan fingerprint density at radius 1 is 1.48 bits per heavy atom. The number of anilines is 1. The fraction of sp³-hybridized carbons (Fsp3) is 0.500. The summed E-state index contributed by atoms with van der Waals surface area (Å²) in [6.45, 7) is 5.21. The summed E-state index contributed by atoms with van der Waals surface area (Å²) < 4.78 is 0. The van der Waals surface area contributed by atoms with Crippen molar-refractivity contribution in [3.63, 3.8) is 0 Å². The Balaban J connectivity index is 2.00. The summed E-state index contributed by atoms with van der Waals surface area (Å²) in [7, 11) is 0. The molecule has 2 aromatic rings. The van der Waals surface area contributed by atoms with Crippen LogP contribution in [0.5, 0.6) is 0 Å². The van der Waals surface area contributed by atoms with Gasteiger partial charge in [0.05, 0.1) is 11.4 Å². The minimum Gasteiger partial charge on any atom is -0.397 e. The Labute approximate surface area is 126 Å². The molecular formula is C14H18N4O2S. The van der Waals surface area contributed by atoms with Gasteiger partial charge in [-0.05, 0) is 25.8 Å². The fourth-order valence-electron chi connectivity index (χ4n) is 2.71. The lowest BCUT2D eigenvalue weighted by Gasteiger charge is -2.15. The molecule has 0 aromatic carbocycles. The van der Waals surface area contributed by atoms with Gasteiger partial charge in [0.15, 0.2) is 0 Å². The minimum absolute atomic E-state index is 0.0662. The Bertz CT molecular complexity index is 713. The zero-order valence-corrected chi connectivity index (χ0v) is 12.9. The molecule has 1 amide bonds. The smallest absolute Gasteiger partial charge is 0.266 e. The maximum absolute atomic E-state index is 12.6. The number of nitrogens with zero attached hydrogens (tertiary/aromatic N) is 3. The van der Waals surface area contributed by atoms with E-state index >= 15 is 0 Å². The minimum atomic E-state index is -0.0662. The number of hydrogen-bond acceptors (Lipinski definition) is 6. The van der Waals surface area contributed by atoms with Crippen LogP contribution < -0.4 is 5.73 Å². The van der Waals surface area contributed by atoms with Crippen molar-refractivity contribution in [1.29, 1.82) is 0 Å². The molecule has 0 bridgehead atoms. The number of aliphatic hydroxyl groups excluding tert-OH is 1. The molecule has 3 rings (SSSR count). The van der Waals surface area contributed by atoms with Gasteiger partial charge in [-0.15, -0.1) is 16.4 Å². The summed E-state index contributed by atoms with van der Waals surface area (Å²) in [6.07, 6.45) is 0.838. The van der Waals surface area contributed by atoms with Gasteiger partial charge >= 0.3 is 0 Å². The summed E-state index contributed by atoms with van der Waals surface area (Å²) in [5.74, 6) is 0.108. The first kappa shape index (κ1) is 14.2. The highest BCUT2D eigenvalue weighted by Gasteiger charge is 2.29. The number of nitrogens with two attached hydrogens (primary N) is 1. The highest BCUT2D eigenvalue weighted by Crippen LogP contribution is 2.36. The van der Waals surface area contributed by atoms with E-state index in [4.69, 9.17) is 5.73 Å². The molecule has 1 aliphatic heterocycles. The summed E-state index contributed by atoms with van der Waals surface area (Å²) >= 11 is 1.30. The number of thiophene rings is 1. The highest BCUT2D eigenvalue weighted by molar-refractivity contribution is 7.21. The summed E-state index contributed by atoms with van der Waals surface area (Å²) in [5.41, 5.74) is 8.49. The first-order chi connectivity index (χ1) is 10.0. The maximum atomic E-state index is 12.6. The summed E-state index contributed by atoms with van der Waals surface area (Å²) in [5, 5.41) is 18.3. The largest absolute Gasteiger partial charge is 0.397 e. The van der Waals surface area contributed by atoms with Crippen LogP contribution in [0.1, 0.15) is 27.3 Å². The van der Waals surface area contributed by atoms with Crippen LogP contribution >= 0.6 is 11.3 Å². The third-order valence-electron chi connectivity index (χ3n) is 4.16. The van der Waals surface area contributed by atoms with Crippen LogP contribution in [0.3, 0.4) is 0 Å². The molecule has 1 unspecified atom stereocenters. The van der Waals surface area contributed by atoms with E-state index in [-0.39, 0.29) is 18.4 Å². The zero-order valence-electron chi connectivity index (χ0n) is 12.1. The van der Waals surface area contributed by atoms with E-state index in [1.807, 2.05) is 13.8 Å². The van der Waals surface area contributed by atoms with Crippen LogP contribution in [0.25, 0.3) is 10.2 Å². The molecule has 0 saturated carbocycles. The molecule has 2 aromatic heterocycles. The van der Waals surface area contributed by atoms with Gasteiger partial charge in [0.2, 0.25) is 0 Å². The van der Waals surface area contributed by atoms with E-state index in [9.17, 15) is 9.90 Å². The van der Waals surface area contributed by atoms with E-state index in [1.54, 1.807) is 4.90 Å². The average Bonchev–Trinajstić information content (AvgIpc) is 3.07. The first-order valence-corrected chi connectivity index (χ1v) is 7.76. The van der Waals surface area contributed by atoms with Gasteiger partial charge in [-0.1, -0.05) is 0 Å². The second-order valence-electron chi connectivity index (χ2n) is 5.52. The lowest BCUT2D eigenvalue weighted by Crippen LogP contribution is -2.29. The van der Waals surface area contributed by atoms with Crippen LogP contribution in [-0.2, 0) is 0 Å². The normalized spacial score (nSPS) is 18.6. The SMILES string of the molecule is Cc1nnc2sc(C(=O)N3CCC(CO)C3)c(N)c2c1C. The predicted octanol–water partition coefficient (Wildman–Crippen LogP) is 1.34. The van der Waals surface area contributed by atoms with Gasteiger partial charge in [0, 0.05) is 31.0 Å². The van der Waals surface area contributed by atoms with Crippen molar-refractivity contribution in [1.82, 2.24) is 15.1 Å². The van der Waals surface area contributed by atoms with Crippen molar-refractivity contribution in [3.05, 3.63) is 16.1 Å². The van der Waals surface area contributed by atoms with Gasteiger partial charge in [-0.3, -0.25) is 4.79 Å². The molecule has 1 aliphatic rings. The highest BCUT2D eigenvalue weighted by atomic mass is 32.1. The zero-order chi connectivity index (χ0) is 15.1. The lowest BCUT2D eigenvalue weighted by molar-refractivity contribution is 0.0787. The number of fused-ring (bicyclic) bond motifs is 1. The van der Waals surface area contributed by atoms with E-state index in [0.717, 1.165) is 23.1 Å². The number of aryl methyl sites for hydroxylation is 2. The van der Waals surface area contributed by atoms with Crippen molar-refractivity contribution in [2.24, 2.45) is 5.92 Å². The maximum Gasteiger partial charge on any atom is 0.266 e. The molecule has 0 spiro atoms. The van der Waals surface area contributed by atoms with Gasteiger partial charge in [0.25, 0.3) is 5.91 Å². The van der Waals surface area contributed by atoms with E-state index in [0.29, 0.717) is 28.5 Å². The molecule has 1 fully saturated rings. The molecule has 7 heteroatoms. The standard InChI is InChI=1S/C14H18N4O2S/c1-7-8(2)16-17-13-10(7)11(15)12(21-13)14(20)18-4-3-9(5-18)6-19/h9,19H,3-6,15H2,1-2H3. The molecular weight excluding hydrogens is 288 g/mol. The topological polar surface area (TPSA) is 92.3 Å². The van der Waals surface area contributed by atoms with Crippen molar-refractivity contribution >= 4 is 33.1 Å². The Morgan fingerprint density at radius 3 is 2.90 bits per heavy atom. The third kappa shape index (κ3) is 2.26. The number of likely N-dealkylation sites (tertiary alicyclic amines) is 1. The monoisotopic (exact) mass is 306 g/mol. The van der Waals surface area contributed by atoms with Crippen LogP contribution in [0.4, 0.5) is 5.69 Å². The Hall–Kier alpha value is -1.73. The molecule has 112 valence electrons. The Kier molecular flexibility index (Phi) is 3.54. The van der Waals surface area contributed by atoms with E-state index in [2.05, 4.69) is 10.2 Å². The van der Waals surface area contributed by atoms with E-state index in [1.165, 1.54) is 11.3 Å². The van der Waals surface area contributed by atoms with Crippen LogP contribution in [-0.4, -0.2) is 45.8 Å². The van der Waals surface area contributed by atoms with Crippen molar-refractivity contribution < 1.29 is 9.90 Å². The van der Waals surface area contributed by atoms with Crippen molar-refractivity contribution in [3.8, 4) is 0 Å². The molecule has 3 heterocycles. The molecule has 0 radical (unpaired) electrons. The predicted molar refractivity (Wildman–Crippen MR) is 82.4 cm³/mol. The third-order valence-corrected chi connectivity index (χ3v) is 5.24. The molecule has 21 heavy (non-hydrogen) atoms. The van der Waals surface area contributed by atoms with Crippen LogP contribution in [0.15, 0.2) is 0 Å². The number of rotatable bonds is 2. The van der Waals surface area contributed by atoms with E-state index < -0.39 is 0 Å². The van der Waals surface area contributed by atoms with Crippen molar-refractivity contribution in [2.75, 3.05) is 25.4 Å². The fourth-order valence-corrected chi connectivity index (χ4v) is 3.78. The van der Waals surface area contributed by atoms with Gasteiger partial charge in [-0.25, -0.2) is 0 Å². The second kappa shape index (κ2) is 5.23. The number of hydrogen-bond donors (Lipinski definition) is 2. The first-order valence-electron chi connectivity index (χ1n) is 6.95. The van der Waals surface area contributed by atoms with Gasteiger partial charge < -0.3 is 15.7 Å². The van der Waals surface area contributed by atoms with Crippen LogP contribution in [0, 0.1) is 19.8 Å². The molecule has 0 aliphatic carbocycles. The number of amides is 1. The lowest BCUT2D eigenvalue weighted by atomic mass is 10.1. The molecule has 3 N–H and O–H groups in total. The molecule has 6 nitrogen and oxygen atoms in total. The number of aliphatic hydroxyl groups is 1. The molecule has 1 saturated heterocycles. The second-order valence-corrected chi connectivity index (χ2v) is 6.52. The van der Waals surface area contributed by atoms with Gasteiger partial charge in [-0.2, -0.15) is 5.10 Å². The van der Waals surface area contributed by atoms with Gasteiger partial charge in [0.1, 0.15) is 9.71 Å². The number of carbonyl (C=O) groups excluding carboxylic acids is 1. The average molecular weight is 306 g/mol. The number of carbonyl (C=O) groups is 1. The van der Waals surface area contributed by atoms with Crippen molar-refractivity contribution in [2.45, 2.75) is 20.3 Å². The summed E-state index contributed by atoms with van der Waals surface area (Å²) in [4.78, 5) is 15.6. The quantitative estimate of drug-likeness (QED) is 0.873.